The first-order valence-corrected chi connectivity index (χ1v) is 6.24. The molecule has 0 aliphatic rings. The van der Waals surface area contributed by atoms with Crippen LogP contribution >= 0.6 is 0 Å². The summed E-state index contributed by atoms with van der Waals surface area (Å²) in [6, 6.07) is 8.99. The number of aliphatic hydroxyl groups excluding tert-OH is 1. The van der Waals surface area contributed by atoms with E-state index >= 15 is 0 Å². The molecule has 1 aromatic heterocycles. The van der Waals surface area contributed by atoms with Crippen molar-refractivity contribution in [2.75, 3.05) is 12.3 Å². The number of aliphatic hydroxyl groups is 1. The van der Waals surface area contributed by atoms with Gasteiger partial charge in [0.15, 0.2) is 0 Å². The number of rotatable bonds is 4. The average molecular weight is 258 g/mol. The normalized spacial score (nSPS) is 12.2. The second-order valence-corrected chi connectivity index (χ2v) is 4.39. The molecule has 0 radical (unpaired) electrons. The number of benzene rings is 1. The zero-order valence-electron chi connectivity index (χ0n) is 11.1. The Kier molecular flexibility index (Phi) is 4.02. The largest absolute Gasteiger partial charge is 0.493 e. The molecule has 0 saturated carbocycles. The van der Waals surface area contributed by atoms with E-state index in [0.29, 0.717) is 29.3 Å². The summed E-state index contributed by atoms with van der Waals surface area (Å²) in [5, 5.41) is 10.4. The third-order valence-corrected chi connectivity index (χ3v) is 2.85. The van der Waals surface area contributed by atoms with Gasteiger partial charge >= 0.3 is 0 Å². The smallest absolute Gasteiger partial charge is 0.127 e. The molecule has 100 valence electrons. The summed E-state index contributed by atoms with van der Waals surface area (Å²) in [6.07, 6.45) is 0.869. The van der Waals surface area contributed by atoms with Gasteiger partial charge in [-0.2, -0.15) is 0 Å². The fraction of sp³-hybridized carbons (Fsp3) is 0.267. The molecular formula is C15H18N2O2. The lowest BCUT2D eigenvalue weighted by Crippen LogP contribution is -2.06. The standard InChI is InChI=1S/C15H18N2O2/c1-3-19-14-9-11(16)4-5-12(14)15(18)13-8-10(2)6-7-17-13/h4-9,15,18H,3,16H2,1-2H3. The Bertz CT molecular complexity index is 570. The van der Waals surface area contributed by atoms with Crippen LogP contribution in [0.25, 0.3) is 0 Å². The molecule has 0 aliphatic carbocycles. The van der Waals surface area contributed by atoms with Crippen LogP contribution in [0.15, 0.2) is 36.5 Å². The summed E-state index contributed by atoms with van der Waals surface area (Å²) in [6.45, 7) is 4.37. The summed E-state index contributed by atoms with van der Waals surface area (Å²) in [7, 11) is 0. The van der Waals surface area contributed by atoms with E-state index in [-0.39, 0.29) is 0 Å². The Morgan fingerprint density at radius 2 is 2.11 bits per heavy atom. The van der Waals surface area contributed by atoms with Gasteiger partial charge in [0.05, 0.1) is 12.3 Å². The summed E-state index contributed by atoms with van der Waals surface area (Å²) in [5.74, 6) is 0.596. The van der Waals surface area contributed by atoms with Crippen molar-refractivity contribution in [2.24, 2.45) is 0 Å². The first-order valence-electron chi connectivity index (χ1n) is 6.24. The molecule has 4 heteroatoms. The van der Waals surface area contributed by atoms with Crippen LogP contribution in [-0.2, 0) is 0 Å². The predicted molar refractivity (Wildman–Crippen MR) is 75.1 cm³/mol. The minimum atomic E-state index is -0.818. The Morgan fingerprint density at radius 1 is 1.32 bits per heavy atom. The minimum absolute atomic E-state index is 0.518. The van der Waals surface area contributed by atoms with Crippen molar-refractivity contribution in [3.05, 3.63) is 53.3 Å². The predicted octanol–water partition coefficient (Wildman–Crippen LogP) is 2.45. The molecule has 19 heavy (non-hydrogen) atoms. The summed E-state index contributed by atoms with van der Waals surface area (Å²) >= 11 is 0. The minimum Gasteiger partial charge on any atom is -0.493 e. The lowest BCUT2D eigenvalue weighted by atomic mass is 10.0. The molecule has 0 saturated heterocycles. The van der Waals surface area contributed by atoms with Crippen LogP contribution in [0.5, 0.6) is 5.75 Å². The van der Waals surface area contributed by atoms with Crippen molar-refractivity contribution in [1.29, 1.82) is 0 Å². The second-order valence-electron chi connectivity index (χ2n) is 4.39. The van der Waals surface area contributed by atoms with E-state index in [2.05, 4.69) is 4.98 Å². The molecular weight excluding hydrogens is 240 g/mol. The van der Waals surface area contributed by atoms with E-state index in [4.69, 9.17) is 10.5 Å². The molecule has 0 amide bonds. The third kappa shape index (κ3) is 3.03. The van der Waals surface area contributed by atoms with Gasteiger partial charge < -0.3 is 15.6 Å². The van der Waals surface area contributed by atoms with Crippen LogP contribution in [0.1, 0.15) is 29.8 Å². The van der Waals surface area contributed by atoms with Crippen LogP contribution in [0.2, 0.25) is 0 Å². The number of anilines is 1. The SMILES string of the molecule is CCOc1cc(N)ccc1C(O)c1cc(C)ccn1. The summed E-state index contributed by atoms with van der Waals surface area (Å²) in [5.41, 5.74) is 8.68. The molecule has 1 heterocycles. The zero-order valence-corrected chi connectivity index (χ0v) is 11.1. The Morgan fingerprint density at radius 3 is 2.79 bits per heavy atom. The molecule has 2 rings (SSSR count). The van der Waals surface area contributed by atoms with E-state index in [1.807, 2.05) is 26.0 Å². The first kappa shape index (κ1) is 13.4. The molecule has 4 nitrogen and oxygen atoms in total. The molecule has 3 N–H and O–H groups in total. The van der Waals surface area contributed by atoms with Crippen LogP contribution < -0.4 is 10.5 Å². The molecule has 0 spiro atoms. The van der Waals surface area contributed by atoms with E-state index in [0.717, 1.165) is 5.56 Å². The number of pyridine rings is 1. The molecule has 1 aromatic carbocycles. The maximum absolute atomic E-state index is 10.4. The molecule has 0 bridgehead atoms. The van der Waals surface area contributed by atoms with Crippen LogP contribution in [0.3, 0.4) is 0 Å². The lowest BCUT2D eigenvalue weighted by molar-refractivity contribution is 0.207. The van der Waals surface area contributed by atoms with Crippen LogP contribution in [0.4, 0.5) is 5.69 Å². The highest BCUT2D eigenvalue weighted by Crippen LogP contribution is 2.31. The van der Waals surface area contributed by atoms with Crippen molar-refractivity contribution >= 4 is 5.69 Å². The van der Waals surface area contributed by atoms with E-state index in [9.17, 15) is 5.11 Å². The van der Waals surface area contributed by atoms with Gasteiger partial charge in [0.25, 0.3) is 0 Å². The molecule has 1 unspecified atom stereocenters. The highest BCUT2D eigenvalue weighted by molar-refractivity contribution is 5.50. The van der Waals surface area contributed by atoms with Gasteiger partial charge in [0, 0.05) is 23.5 Å². The second kappa shape index (κ2) is 5.71. The Labute approximate surface area is 112 Å². The van der Waals surface area contributed by atoms with Crippen LogP contribution in [-0.4, -0.2) is 16.7 Å². The van der Waals surface area contributed by atoms with Crippen molar-refractivity contribution in [1.82, 2.24) is 4.98 Å². The van der Waals surface area contributed by atoms with Gasteiger partial charge in [0.1, 0.15) is 11.9 Å². The van der Waals surface area contributed by atoms with Gasteiger partial charge in [-0.05, 0) is 37.6 Å². The van der Waals surface area contributed by atoms with Crippen molar-refractivity contribution in [2.45, 2.75) is 20.0 Å². The van der Waals surface area contributed by atoms with Gasteiger partial charge in [0.2, 0.25) is 0 Å². The fourth-order valence-corrected chi connectivity index (χ4v) is 1.93. The average Bonchev–Trinajstić information content (AvgIpc) is 2.39. The maximum atomic E-state index is 10.4. The zero-order chi connectivity index (χ0) is 13.8. The number of hydrogen-bond donors (Lipinski definition) is 2. The number of nitrogens with zero attached hydrogens (tertiary/aromatic N) is 1. The fourth-order valence-electron chi connectivity index (χ4n) is 1.93. The molecule has 0 aliphatic heterocycles. The van der Waals surface area contributed by atoms with Gasteiger partial charge in [-0.3, -0.25) is 4.98 Å². The molecule has 2 aromatic rings. The van der Waals surface area contributed by atoms with E-state index in [1.54, 1.807) is 24.4 Å². The Balaban J connectivity index is 2.40. The van der Waals surface area contributed by atoms with E-state index < -0.39 is 6.10 Å². The van der Waals surface area contributed by atoms with E-state index in [1.165, 1.54) is 0 Å². The highest BCUT2D eigenvalue weighted by Gasteiger charge is 2.17. The number of hydrogen-bond acceptors (Lipinski definition) is 4. The lowest BCUT2D eigenvalue weighted by Gasteiger charge is -2.16. The first-order chi connectivity index (χ1) is 9.11. The summed E-state index contributed by atoms with van der Waals surface area (Å²) in [4.78, 5) is 4.20. The maximum Gasteiger partial charge on any atom is 0.127 e. The van der Waals surface area contributed by atoms with Gasteiger partial charge in [-0.1, -0.05) is 6.07 Å². The quantitative estimate of drug-likeness (QED) is 0.826. The number of nitrogen functional groups attached to an aromatic ring is 1. The molecule has 1 atom stereocenters. The summed E-state index contributed by atoms with van der Waals surface area (Å²) < 4.78 is 5.52. The number of aromatic nitrogens is 1. The number of aryl methyl sites for hydroxylation is 1. The highest BCUT2D eigenvalue weighted by atomic mass is 16.5. The number of ether oxygens (including phenoxy) is 1. The van der Waals surface area contributed by atoms with Crippen molar-refractivity contribution in [3.8, 4) is 5.75 Å². The van der Waals surface area contributed by atoms with Gasteiger partial charge in [-0.25, -0.2) is 0 Å². The van der Waals surface area contributed by atoms with Crippen molar-refractivity contribution < 1.29 is 9.84 Å². The van der Waals surface area contributed by atoms with Crippen LogP contribution in [0, 0.1) is 6.92 Å². The topological polar surface area (TPSA) is 68.4 Å². The Hall–Kier alpha value is -2.07. The monoisotopic (exact) mass is 258 g/mol. The number of nitrogens with two attached hydrogens (primary N) is 1. The molecule has 0 fully saturated rings. The van der Waals surface area contributed by atoms with Crippen molar-refractivity contribution in [3.63, 3.8) is 0 Å². The van der Waals surface area contributed by atoms with Gasteiger partial charge in [-0.15, -0.1) is 0 Å². The third-order valence-electron chi connectivity index (χ3n) is 2.85.